The van der Waals surface area contributed by atoms with Crippen LogP contribution in [0.25, 0.3) is 22.2 Å². The van der Waals surface area contributed by atoms with Crippen molar-refractivity contribution in [1.29, 1.82) is 0 Å². The first-order valence-corrected chi connectivity index (χ1v) is 20.4. The lowest BCUT2D eigenvalue weighted by molar-refractivity contribution is -0.142. The highest BCUT2D eigenvalue weighted by Crippen LogP contribution is 2.43. The predicted molar refractivity (Wildman–Crippen MR) is 217 cm³/mol. The summed E-state index contributed by atoms with van der Waals surface area (Å²) in [7, 11) is -2.92. The number of ether oxygens (including phenoxy) is 3. The molecule has 2 fully saturated rings. The van der Waals surface area contributed by atoms with Crippen LogP contribution in [0, 0.1) is 11.2 Å². The molecule has 2 heterocycles. The maximum atomic E-state index is 14.7. The largest absolute Gasteiger partial charge is 0.497 e. The van der Waals surface area contributed by atoms with Crippen LogP contribution in [0.4, 0.5) is 9.18 Å². The number of fused-ring (bicyclic) bond motifs is 1. The van der Waals surface area contributed by atoms with Crippen LogP contribution in [-0.2, 0) is 29.1 Å². The van der Waals surface area contributed by atoms with Crippen molar-refractivity contribution in [3.8, 4) is 22.8 Å². The summed E-state index contributed by atoms with van der Waals surface area (Å²) in [4.78, 5) is 61.6. The van der Waals surface area contributed by atoms with Crippen LogP contribution in [-0.4, -0.2) is 85.1 Å². The Hall–Kier alpha value is -6.03. The van der Waals surface area contributed by atoms with Gasteiger partial charge < -0.3 is 29.7 Å². The van der Waals surface area contributed by atoms with E-state index in [2.05, 4.69) is 17.2 Å². The minimum absolute atomic E-state index is 0.0560. The number of likely N-dealkylation sites (tertiary alicyclic amines) is 1. The van der Waals surface area contributed by atoms with E-state index in [1.807, 2.05) is 35.1 Å². The molecule has 0 spiro atoms. The average molecular weight is 830 g/mol. The van der Waals surface area contributed by atoms with Crippen LogP contribution in [0.1, 0.15) is 54.4 Å². The van der Waals surface area contributed by atoms with E-state index in [0.29, 0.717) is 28.1 Å². The van der Waals surface area contributed by atoms with Gasteiger partial charge in [0.25, 0.3) is 15.9 Å². The minimum Gasteiger partial charge on any atom is -0.497 e. The van der Waals surface area contributed by atoms with Gasteiger partial charge in [0.05, 0.1) is 29.8 Å². The molecule has 59 heavy (non-hydrogen) atoms. The van der Waals surface area contributed by atoms with Crippen LogP contribution in [0.2, 0.25) is 0 Å². The van der Waals surface area contributed by atoms with Gasteiger partial charge in [-0.3, -0.25) is 14.4 Å². The predicted octanol–water partition coefficient (Wildman–Crippen LogP) is 5.66. The zero-order valence-electron chi connectivity index (χ0n) is 33.9. The Bertz CT molecular complexity index is 2410. The number of methoxy groups -OCH3 is 1. The lowest BCUT2D eigenvalue weighted by Gasteiger charge is -2.36. The van der Waals surface area contributed by atoms with Crippen molar-refractivity contribution in [2.75, 3.05) is 13.7 Å². The Morgan fingerprint density at radius 3 is 2.22 bits per heavy atom. The molecule has 312 valence electrons. The number of carbonyl (C=O) groups excluding carboxylic acids is 4. The van der Waals surface area contributed by atoms with E-state index in [0.717, 1.165) is 29.8 Å². The average Bonchev–Trinajstić information content (AvgIpc) is 3.62. The SMILES string of the molecule is C=C1C[C@]1(NC(=O)[C@@H]1C[C@@H](Oc2cc(-c3ccccc3)nc3cc(OC)ccc23)CN1C(=O)[C@@H](NC(=O)OC(C)(C)C)C(C)(C)C)C(=O)NS(=O)(=O)c1ccc(F)cc1. The van der Waals surface area contributed by atoms with Crippen molar-refractivity contribution in [3.63, 3.8) is 0 Å². The summed E-state index contributed by atoms with van der Waals surface area (Å²) in [5, 5.41) is 6.01. The Morgan fingerprint density at radius 1 is 0.966 bits per heavy atom. The molecule has 1 aliphatic heterocycles. The Balaban J connectivity index is 1.34. The zero-order chi connectivity index (χ0) is 43.1. The third kappa shape index (κ3) is 9.48. The molecular formula is C43H48FN5O9S. The number of halogens is 1. The number of nitrogens with zero attached hydrogens (tertiary/aromatic N) is 2. The van der Waals surface area contributed by atoms with Crippen LogP contribution in [0.5, 0.6) is 11.5 Å². The first kappa shape index (κ1) is 42.6. The number of amides is 4. The molecule has 4 amide bonds. The second kappa shape index (κ2) is 16.0. The van der Waals surface area contributed by atoms with Crippen molar-refractivity contribution in [1.82, 2.24) is 25.2 Å². The highest BCUT2D eigenvalue weighted by Gasteiger charge is 2.58. The van der Waals surface area contributed by atoms with Gasteiger partial charge in [-0.1, -0.05) is 57.7 Å². The Morgan fingerprint density at radius 2 is 1.63 bits per heavy atom. The van der Waals surface area contributed by atoms with Crippen molar-refractivity contribution < 1.29 is 46.2 Å². The van der Waals surface area contributed by atoms with Crippen LogP contribution in [0.3, 0.4) is 0 Å². The van der Waals surface area contributed by atoms with Gasteiger partial charge in [0.15, 0.2) is 0 Å². The minimum atomic E-state index is -4.47. The molecule has 3 N–H and O–H groups in total. The highest BCUT2D eigenvalue weighted by atomic mass is 32.2. The number of rotatable bonds is 11. The van der Waals surface area contributed by atoms with E-state index in [1.54, 1.807) is 72.9 Å². The molecule has 1 saturated heterocycles. The third-order valence-electron chi connectivity index (χ3n) is 10.00. The quantitative estimate of drug-likeness (QED) is 0.160. The summed E-state index contributed by atoms with van der Waals surface area (Å²) in [6.45, 7) is 14.1. The van der Waals surface area contributed by atoms with Gasteiger partial charge in [0.1, 0.15) is 46.6 Å². The molecule has 0 bridgehead atoms. The van der Waals surface area contributed by atoms with Gasteiger partial charge in [0, 0.05) is 35.9 Å². The first-order chi connectivity index (χ1) is 27.6. The number of aromatic nitrogens is 1. The first-order valence-electron chi connectivity index (χ1n) is 18.9. The maximum Gasteiger partial charge on any atom is 0.408 e. The second-order valence-corrected chi connectivity index (χ2v) is 18.4. The summed E-state index contributed by atoms with van der Waals surface area (Å²) < 4.78 is 59.3. The molecule has 1 aliphatic carbocycles. The second-order valence-electron chi connectivity index (χ2n) is 16.7. The summed E-state index contributed by atoms with van der Waals surface area (Å²) >= 11 is 0. The van der Waals surface area contributed by atoms with E-state index in [-0.39, 0.29) is 29.9 Å². The number of alkyl carbamates (subject to hydrolysis) is 1. The van der Waals surface area contributed by atoms with Crippen LogP contribution < -0.4 is 24.8 Å². The number of pyridine rings is 1. The van der Waals surface area contributed by atoms with Crippen molar-refractivity contribution >= 4 is 44.7 Å². The fourth-order valence-electron chi connectivity index (χ4n) is 6.83. The van der Waals surface area contributed by atoms with Crippen LogP contribution in [0.15, 0.2) is 95.9 Å². The van der Waals surface area contributed by atoms with Crippen molar-refractivity contribution in [2.24, 2.45) is 5.41 Å². The molecule has 0 unspecified atom stereocenters. The van der Waals surface area contributed by atoms with Gasteiger partial charge in [0.2, 0.25) is 11.8 Å². The Labute approximate surface area is 342 Å². The number of hydrogen-bond acceptors (Lipinski definition) is 10. The van der Waals surface area contributed by atoms with Gasteiger partial charge in [-0.15, -0.1) is 0 Å². The van der Waals surface area contributed by atoms with E-state index in [1.165, 1.54) is 4.90 Å². The lowest BCUT2D eigenvalue weighted by Crippen LogP contribution is -2.60. The monoisotopic (exact) mass is 829 g/mol. The summed E-state index contributed by atoms with van der Waals surface area (Å²) in [6.07, 6.45) is -1.76. The number of benzene rings is 3. The summed E-state index contributed by atoms with van der Waals surface area (Å²) in [5.74, 6) is -2.14. The van der Waals surface area contributed by atoms with Gasteiger partial charge in [-0.05, 0) is 68.2 Å². The summed E-state index contributed by atoms with van der Waals surface area (Å²) in [5.41, 5.74) is -1.34. The molecule has 2 aliphatic rings. The molecular weight excluding hydrogens is 782 g/mol. The number of sulfonamides is 1. The van der Waals surface area contributed by atoms with E-state index >= 15 is 0 Å². The smallest absolute Gasteiger partial charge is 0.408 e. The molecule has 1 saturated carbocycles. The zero-order valence-corrected chi connectivity index (χ0v) is 34.7. The maximum absolute atomic E-state index is 14.7. The van der Waals surface area contributed by atoms with E-state index in [4.69, 9.17) is 19.2 Å². The molecule has 14 nitrogen and oxygen atoms in total. The van der Waals surface area contributed by atoms with E-state index < -0.39 is 74.4 Å². The molecule has 4 atom stereocenters. The standard InChI is InChI=1S/C43H48FN5O9S/c1-25-23-43(25,39(52)48-59(54,55)30-17-14-27(44)15-18-30)47-37(50)34-21-29(24-49(34)38(51)36(41(2,3)4)46-40(53)58-42(5,6)7)57-35-22-32(26-12-10-9-11-13-26)45-33-20-28(56-8)16-19-31(33)35/h9-20,22,29,34,36H,1,21,23-24H2,2-8H3,(H,46,53)(H,47,50)(H,48,52)/t29-,34+,36-,43-/m1/s1. The molecule has 4 aromatic rings. The number of hydrogen-bond donors (Lipinski definition) is 3. The van der Waals surface area contributed by atoms with Crippen molar-refractivity contribution in [2.45, 2.75) is 88.6 Å². The molecule has 1 aromatic heterocycles. The summed E-state index contributed by atoms with van der Waals surface area (Å²) in [6, 6.07) is 18.0. The lowest BCUT2D eigenvalue weighted by atomic mass is 9.85. The van der Waals surface area contributed by atoms with Crippen molar-refractivity contribution in [3.05, 3.63) is 96.8 Å². The fourth-order valence-corrected chi connectivity index (χ4v) is 7.86. The number of carbonyl (C=O) groups is 4. The Kier molecular flexibility index (Phi) is 11.5. The van der Waals surface area contributed by atoms with Gasteiger partial charge in [-0.2, -0.15) is 0 Å². The number of nitrogens with one attached hydrogen (secondary N) is 3. The van der Waals surface area contributed by atoms with Crippen LogP contribution >= 0.6 is 0 Å². The molecule has 0 radical (unpaired) electrons. The topological polar surface area (TPSA) is 182 Å². The highest BCUT2D eigenvalue weighted by molar-refractivity contribution is 7.90. The normalized spacial score (nSPS) is 19.7. The van der Waals surface area contributed by atoms with Gasteiger partial charge in [-0.25, -0.2) is 27.3 Å². The third-order valence-corrected chi connectivity index (χ3v) is 11.3. The van der Waals surface area contributed by atoms with Gasteiger partial charge >= 0.3 is 6.09 Å². The molecule has 6 rings (SSSR count). The van der Waals surface area contributed by atoms with E-state index in [9.17, 15) is 32.0 Å². The molecule has 3 aromatic carbocycles. The molecule has 16 heteroatoms. The fraction of sp³-hybridized carbons (Fsp3) is 0.372.